The largest absolute Gasteiger partial charge is 0.504 e. The van der Waals surface area contributed by atoms with Gasteiger partial charge in [-0.3, -0.25) is 19.3 Å². The van der Waals surface area contributed by atoms with E-state index in [9.17, 15) is 19.5 Å². The van der Waals surface area contributed by atoms with Gasteiger partial charge in [0.1, 0.15) is 6.54 Å². The van der Waals surface area contributed by atoms with Crippen LogP contribution in [0.3, 0.4) is 0 Å². The number of carbonyl (C=O) groups is 3. The summed E-state index contributed by atoms with van der Waals surface area (Å²) in [5.74, 6) is -0.688. The number of hydrogen-bond donors (Lipinski definition) is 2. The summed E-state index contributed by atoms with van der Waals surface area (Å²) in [6, 6.07) is 4.59. The molecule has 8 nitrogen and oxygen atoms in total. The summed E-state index contributed by atoms with van der Waals surface area (Å²) >= 11 is 0.770. The molecule has 2 fully saturated rings. The maximum Gasteiger partial charge on any atom is 0.294 e. The second-order valence-electron chi connectivity index (χ2n) is 6.14. The van der Waals surface area contributed by atoms with Gasteiger partial charge in [0.25, 0.3) is 11.1 Å². The first-order valence-corrected chi connectivity index (χ1v) is 9.30. The number of thioether (sulfide) groups is 1. The Bertz CT molecular complexity index is 788. The predicted molar refractivity (Wildman–Crippen MR) is 99.3 cm³/mol. The van der Waals surface area contributed by atoms with Crippen molar-refractivity contribution in [3.8, 4) is 11.5 Å². The van der Waals surface area contributed by atoms with E-state index >= 15 is 0 Å². The number of ether oxygens (including phenoxy) is 2. The van der Waals surface area contributed by atoms with Gasteiger partial charge in [-0.2, -0.15) is 0 Å². The van der Waals surface area contributed by atoms with Crippen molar-refractivity contribution in [3.63, 3.8) is 0 Å². The summed E-state index contributed by atoms with van der Waals surface area (Å²) in [5, 5.41) is 11.8. The molecule has 0 radical (unpaired) electrons. The number of benzene rings is 1. The summed E-state index contributed by atoms with van der Waals surface area (Å²) in [4.78, 5) is 37.8. The maximum absolute atomic E-state index is 12.5. The summed E-state index contributed by atoms with van der Waals surface area (Å²) in [6.45, 7) is 0.738. The number of phenolic OH excluding ortho intramolecular Hbond substituents is 1. The summed E-state index contributed by atoms with van der Waals surface area (Å²) < 4.78 is 10.5. The minimum absolute atomic E-state index is 0.00626. The third kappa shape index (κ3) is 4.61. The highest BCUT2D eigenvalue weighted by Gasteiger charge is 2.36. The number of aromatic hydroxyl groups is 1. The Morgan fingerprint density at radius 3 is 3.00 bits per heavy atom. The maximum atomic E-state index is 12.5. The van der Waals surface area contributed by atoms with Crippen molar-refractivity contribution < 1.29 is 29.0 Å². The van der Waals surface area contributed by atoms with Crippen LogP contribution in [0.25, 0.3) is 6.08 Å². The smallest absolute Gasteiger partial charge is 0.294 e. The molecule has 9 heteroatoms. The van der Waals surface area contributed by atoms with Gasteiger partial charge < -0.3 is 19.9 Å². The van der Waals surface area contributed by atoms with Gasteiger partial charge in [-0.05, 0) is 48.4 Å². The Balaban J connectivity index is 1.63. The molecule has 144 valence electrons. The molecule has 0 saturated carbocycles. The minimum atomic E-state index is -0.524. The predicted octanol–water partition coefficient (Wildman–Crippen LogP) is 1.73. The Kier molecular flexibility index (Phi) is 6.02. The van der Waals surface area contributed by atoms with Crippen LogP contribution in [0.5, 0.6) is 11.5 Å². The van der Waals surface area contributed by atoms with Crippen LogP contribution in [0, 0.1) is 0 Å². The number of imide groups is 1. The molecule has 1 aromatic carbocycles. The van der Waals surface area contributed by atoms with Gasteiger partial charge in [0.05, 0.1) is 18.1 Å². The molecule has 2 aliphatic heterocycles. The van der Waals surface area contributed by atoms with E-state index in [1.54, 1.807) is 12.1 Å². The van der Waals surface area contributed by atoms with Gasteiger partial charge >= 0.3 is 0 Å². The van der Waals surface area contributed by atoms with Crippen LogP contribution < -0.4 is 10.1 Å². The summed E-state index contributed by atoms with van der Waals surface area (Å²) in [6.07, 6.45) is 3.38. The fourth-order valence-corrected chi connectivity index (χ4v) is 3.64. The molecule has 2 aliphatic rings. The Morgan fingerprint density at radius 1 is 1.48 bits per heavy atom. The van der Waals surface area contributed by atoms with Gasteiger partial charge in [-0.15, -0.1) is 0 Å². The van der Waals surface area contributed by atoms with Crippen molar-refractivity contribution in [1.82, 2.24) is 10.2 Å². The van der Waals surface area contributed by atoms with Crippen LogP contribution in [0.1, 0.15) is 18.4 Å². The molecule has 3 amide bonds. The lowest BCUT2D eigenvalue weighted by molar-refractivity contribution is -0.129. The van der Waals surface area contributed by atoms with Gasteiger partial charge in [-0.1, -0.05) is 6.07 Å². The number of phenols is 1. The summed E-state index contributed by atoms with van der Waals surface area (Å²) in [7, 11) is 1.42. The van der Waals surface area contributed by atoms with Crippen LogP contribution in [0.2, 0.25) is 0 Å². The van der Waals surface area contributed by atoms with Crippen molar-refractivity contribution >= 4 is 34.9 Å². The molecule has 27 heavy (non-hydrogen) atoms. The first-order valence-electron chi connectivity index (χ1n) is 8.48. The average Bonchev–Trinajstić information content (AvgIpc) is 3.26. The number of methoxy groups -OCH3 is 1. The topological polar surface area (TPSA) is 105 Å². The number of nitrogens with one attached hydrogen (secondary N) is 1. The zero-order chi connectivity index (χ0) is 19.4. The number of carbonyl (C=O) groups excluding carboxylic acids is 3. The first-order chi connectivity index (χ1) is 13.0. The van der Waals surface area contributed by atoms with E-state index in [1.165, 1.54) is 19.3 Å². The van der Waals surface area contributed by atoms with Crippen molar-refractivity contribution in [2.75, 3.05) is 26.8 Å². The van der Waals surface area contributed by atoms with Crippen molar-refractivity contribution in [3.05, 3.63) is 28.7 Å². The molecule has 1 aromatic rings. The highest BCUT2D eigenvalue weighted by Crippen LogP contribution is 2.34. The van der Waals surface area contributed by atoms with Gasteiger partial charge in [0.2, 0.25) is 5.91 Å². The average molecular weight is 392 g/mol. The third-order valence-corrected chi connectivity index (χ3v) is 5.14. The molecular weight excluding hydrogens is 372 g/mol. The van der Waals surface area contributed by atoms with E-state index in [4.69, 9.17) is 9.47 Å². The Labute approximate surface area is 160 Å². The number of nitrogens with zero attached hydrogens (tertiary/aromatic N) is 1. The standard InChI is InChI=1S/C18H20N2O6S/c1-25-14-7-11(4-5-13(14)21)8-15-17(23)20(18(24)27-15)10-16(22)19-9-12-3-2-6-26-12/h4-5,7-8,12,21H,2-3,6,9-10H2,1H3,(H,19,22)/b15-8-/t12-/m1/s1. The quantitative estimate of drug-likeness (QED) is 0.710. The van der Waals surface area contributed by atoms with Crippen LogP contribution in [-0.4, -0.2) is 60.0 Å². The lowest BCUT2D eigenvalue weighted by Crippen LogP contribution is -2.41. The molecule has 0 aromatic heterocycles. The van der Waals surface area contributed by atoms with Crippen LogP contribution in [0.15, 0.2) is 23.1 Å². The Morgan fingerprint density at radius 2 is 2.30 bits per heavy atom. The van der Waals surface area contributed by atoms with Crippen molar-refractivity contribution in [2.45, 2.75) is 18.9 Å². The van der Waals surface area contributed by atoms with E-state index in [2.05, 4.69) is 5.32 Å². The SMILES string of the molecule is COc1cc(/C=C2\SC(=O)N(CC(=O)NC[C@H]3CCCO3)C2=O)ccc1O. The molecule has 2 saturated heterocycles. The highest BCUT2D eigenvalue weighted by atomic mass is 32.2. The van der Waals surface area contributed by atoms with E-state index in [-0.39, 0.29) is 29.1 Å². The number of rotatable bonds is 6. The number of amides is 3. The van der Waals surface area contributed by atoms with Gasteiger partial charge in [-0.25, -0.2) is 0 Å². The first kappa shape index (κ1) is 19.2. The van der Waals surface area contributed by atoms with Crippen LogP contribution >= 0.6 is 11.8 Å². The van der Waals surface area contributed by atoms with E-state index in [0.717, 1.165) is 29.5 Å². The zero-order valence-electron chi connectivity index (χ0n) is 14.8. The fraction of sp³-hybridized carbons (Fsp3) is 0.389. The molecule has 2 heterocycles. The molecule has 2 N–H and O–H groups in total. The van der Waals surface area contributed by atoms with Crippen LogP contribution in [-0.2, 0) is 14.3 Å². The molecule has 0 unspecified atom stereocenters. The summed E-state index contributed by atoms with van der Waals surface area (Å²) in [5.41, 5.74) is 0.595. The lowest BCUT2D eigenvalue weighted by atomic mass is 10.2. The highest BCUT2D eigenvalue weighted by molar-refractivity contribution is 8.18. The monoisotopic (exact) mass is 392 g/mol. The van der Waals surface area contributed by atoms with E-state index in [0.29, 0.717) is 18.7 Å². The molecule has 1 atom stereocenters. The van der Waals surface area contributed by atoms with E-state index < -0.39 is 17.1 Å². The zero-order valence-corrected chi connectivity index (χ0v) is 15.6. The molecular formula is C18H20N2O6S. The van der Waals surface area contributed by atoms with Gasteiger partial charge in [0.15, 0.2) is 11.5 Å². The van der Waals surface area contributed by atoms with Crippen LogP contribution in [0.4, 0.5) is 4.79 Å². The normalized spacial score (nSPS) is 21.1. The second kappa shape index (κ2) is 8.45. The minimum Gasteiger partial charge on any atom is -0.504 e. The van der Waals surface area contributed by atoms with E-state index in [1.807, 2.05) is 0 Å². The fourth-order valence-electron chi connectivity index (χ4n) is 2.80. The molecule has 0 bridgehead atoms. The van der Waals surface area contributed by atoms with Crippen molar-refractivity contribution in [2.24, 2.45) is 0 Å². The molecule has 0 aliphatic carbocycles. The van der Waals surface area contributed by atoms with Crippen molar-refractivity contribution in [1.29, 1.82) is 0 Å². The van der Waals surface area contributed by atoms with Gasteiger partial charge in [0, 0.05) is 13.2 Å². The lowest BCUT2D eigenvalue weighted by Gasteiger charge is -2.14. The third-order valence-electron chi connectivity index (χ3n) is 4.23. The molecule has 3 rings (SSSR count). The second-order valence-corrected chi connectivity index (χ2v) is 7.13. The Hall–Kier alpha value is -2.52. The number of hydrogen-bond acceptors (Lipinski definition) is 7. The molecule has 0 spiro atoms.